The molecule has 0 radical (unpaired) electrons. The third-order valence-electron chi connectivity index (χ3n) is 3.38. The Labute approximate surface area is 174 Å². The first-order valence-electron chi connectivity index (χ1n) is 8.07. The van der Waals surface area contributed by atoms with Crippen LogP contribution in [0.2, 0.25) is 0 Å². The Kier molecular flexibility index (Phi) is 9.81. The lowest BCUT2D eigenvalue weighted by Gasteiger charge is -2.15. The van der Waals surface area contributed by atoms with Gasteiger partial charge in [0, 0.05) is 32.6 Å². The van der Waals surface area contributed by atoms with E-state index in [1.165, 1.54) is 12.1 Å². The van der Waals surface area contributed by atoms with E-state index >= 15 is 0 Å². The topological polar surface area (TPSA) is 72.8 Å². The van der Waals surface area contributed by atoms with Gasteiger partial charge in [-0.25, -0.2) is 14.4 Å². The number of anilines is 1. The Balaban J connectivity index is 0.00000338. The summed E-state index contributed by atoms with van der Waals surface area (Å²) in [5, 5.41) is 19.3. The van der Waals surface area contributed by atoms with E-state index in [2.05, 4.69) is 20.6 Å². The summed E-state index contributed by atoms with van der Waals surface area (Å²) in [5.41, 5.74) is 1.55. The van der Waals surface area contributed by atoms with Crippen molar-refractivity contribution in [3.05, 3.63) is 46.7 Å². The second kappa shape index (κ2) is 11.3. The SMILES string of the molecule is CCNC(=NCc1csc(N(C)C)n1)NCC(O)c1ccc(F)cc1.I. The number of thiazole rings is 1. The number of hydrogen-bond donors (Lipinski definition) is 3. The predicted molar refractivity (Wildman–Crippen MR) is 116 cm³/mol. The maximum absolute atomic E-state index is 12.9. The molecule has 0 aliphatic heterocycles. The number of aliphatic hydroxyl groups excluding tert-OH is 1. The summed E-state index contributed by atoms with van der Waals surface area (Å²) in [6, 6.07) is 5.82. The van der Waals surface area contributed by atoms with Crippen molar-refractivity contribution >= 4 is 46.4 Å². The Hall–Kier alpha value is -1.46. The van der Waals surface area contributed by atoms with E-state index in [0.29, 0.717) is 24.6 Å². The van der Waals surface area contributed by atoms with E-state index in [9.17, 15) is 9.50 Å². The van der Waals surface area contributed by atoms with Crippen LogP contribution in [-0.2, 0) is 6.54 Å². The van der Waals surface area contributed by atoms with Gasteiger partial charge in [0.05, 0.1) is 18.3 Å². The summed E-state index contributed by atoms with van der Waals surface area (Å²) in [6.45, 7) is 3.41. The summed E-state index contributed by atoms with van der Waals surface area (Å²) in [5.74, 6) is 0.280. The third-order valence-corrected chi connectivity index (χ3v) is 4.44. The van der Waals surface area contributed by atoms with Crippen LogP contribution in [0.4, 0.5) is 9.52 Å². The molecule has 1 heterocycles. The normalized spacial score (nSPS) is 12.3. The van der Waals surface area contributed by atoms with Gasteiger partial charge < -0.3 is 20.6 Å². The maximum atomic E-state index is 12.9. The van der Waals surface area contributed by atoms with Gasteiger partial charge in [-0.2, -0.15) is 0 Å². The molecule has 1 aromatic carbocycles. The van der Waals surface area contributed by atoms with Gasteiger partial charge in [0.25, 0.3) is 0 Å². The molecule has 0 bridgehead atoms. The first-order chi connectivity index (χ1) is 12.0. The molecule has 0 fully saturated rings. The number of aliphatic imine (C=N–C) groups is 1. The predicted octanol–water partition coefficient (Wildman–Crippen LogP) is 2.75. The van der Waals surface area contributed by atoms with E-state index in [1.807, 2.05) is 31.3 Å². The van der Waals surface area contributed by atoms with E-state index in [1.54, 1.807) is 23.5 Å². The highest BCUT2D eigenvalue weighted by Gasteiger charge is 2.09. The lowest BCUT2D eigenvalue weighted by atomic mass is 10.1. The van der Waals surface area contributed by atoms with Gasteiger partial charge in [-0.15, -0.1) is 35.3 Å². The molecule has 26 heavy (non-hydrogen) atoms. The first-order valence-corrected chi connectivity index (χ1v) is 8.95. The van der Waals surface area contributed by atoms with E-state index in [0.717, 1.165) is 10.8 Å². The molecule has 0 spiro atoms. The van der Waals surface area contributed by atoms with Crippen LogP contribution in [0, 0.1) is 5.82 Å². The number of guanidine groups is 1. The van der Waals surface area contributed by atoms with Crippen molar-refractivity contribution in [2.24, 2.45) is 4.99 Å². The highest BCUT2D eigenvalue weighted by molar-refractivity contribution is 14.0. The van der Waals surface area contributed by atoms with Gasteiger partial charge in [0.1, 0.15) is 5.82 Å². The number of nitrogens with zero attached hydrogens (tertiary/aromatic N) is 3. The van der Waals surface area contributed by atoms with Gasteiger partial charge in [-0.1, -0.05) is 12.1 Å². The van der Waals surface area contributed by atoms with Gasteiger partial charge in [-0.05, 0) is 24.6 Å². The van der Waals surface area contributed by atoms with Crippen molar-refractivity contribution in [3.63, 3.8) is 0 Å². The van der Waals surface area contributed by atoms with E-state index < -0.39 is 6.10 Å². The molecule has 0 aliphatic carbocycles. The number of rotatable bonds is 7. The smallest absolute Gasteiger partial charge is 0.191 e. The molecule has 1 unspecified atom stereocenters. The van der Waals surface area contributed by atoms with E-state index in [-0.39, 0.29) is 36.3 Å². The minimum absolute atomic E-state index is 0. The minimum atomic E-state index is -0.746. The maximum Gasteiger partial charge on any atom is 0.191 e. The second-order valence-corrected chi connectivity index (χ2v) is 6.50. The zero-order chi connectivity index (χ0) is 18.2. The highest BCUT2D eigenvalue weighted by atomic mass is 127. The van der Waals surface area contributed by atoms with Crippen LogP contribution < -0.4 is 15.5 Å². The average molecular weight is 493 g/mol. The molecule has 0 saturated heterocycles. The van der Waals surface area contributed by atoms with Crippen LogP contribution in [0.3, 0.4) is 0 Å². The van der Waals surface area contributed by atoms with Gasteiger partial charge >= 0.3 is 0 Å². The van der Waals surface area contributed by atoms with E-state index in [4.69, 9.17) is 0 Å². The molecular weight excluding hydrogens is 468 g/mol. The van der Waals surface area contributed by atoms with Crippen molar-refractivity contribution in [2.75, 3.05) is 32.1 Å². The van der Waals surface area contributed by atoms with Crippen LogP contribution in [0.25, 0.3) is 0 Å². The number of hydrogen-bond acceptors (Lipinski definition) is 5. The van der Waals surface area contributed by atoms with Crippen molar-refractivity contribution in [2.45, 2.75) is 19.6 Å². The molecule has 0 aliphatic rings. The molecule has 3 N–H and O–H groups in total. The number of nitrogens with one attached hydrogen (secondary N) is 2. The second-order valence-electron chi connectivity index (χ2n) is 5.66. The number of aliphatic hydroxyl groups is 1. The molecule has 0 amide bonds. The lowest BCUT2D eigenvalue weighted by Crippen LogP contribution is -2.39. The van der Waals surface area contributed by atoms with Crippen LogP contribution in [0.15, 0.2) is 34.6 Å². The summed E-state index contributed by atoms with van der Waals surface area (Å²) in [6.07, 6.45) is -0.746. The molecule has 2 rings (SSSR count). The van der Waals surface area contributed by atoms with Crippen molar-refractivity contribution < 1.29 is 9.50 Å². The Morgan fingerprint density at radius 2 is 2.00 bits per heavy atom. The highest BCUT2D eigenvalue weighted by Crippen LogP contribution is 2.18. The Morgan fingerprint density at radius 3 is 2.58 bits per heavy atom. The Bertz CT molecular complexity index is 693. The average Bonchev–Trinajstić information content (AvgIpc) is 3.07. The number of aromatic nitrogens is 1. The number of halogens is 2. The molecule has 1 atom stereocenters. The van der Waals surface area contributed by atoms with Crippen molar-refractivity contribution in [1.29, 1.82) is 0 Å². The molecular formula is C17H25FIN5OS. The molecule has 144 valence electrons. The lowest BCUT2D eigenvalue weighted by molar-refractivity contribution is 0.180. The van der Waals surface area contributed by atoms with Gasteiger partial charge in [0.15, 0.2) is 11.1 Å². The first kappa shape index (κ1) is 22.6. The fourth-order valence-corrected chi connectivity index (χ4v) is 2.82. The number of benzene rings is 1. The zero-order valence-electron chi connectivity index (χ0n) is 15.1. The van der Waals surface area contributed by atoms with Crippen LogP contribution in [0.5, 0.6) is 0 Å². The summed E-state index contributed by atoms with van der Waals surface area (Å²) in [4.78, 5) is 10.9. The zero-order valence-corrected chi connectivity index (χ0v) is 18.2. The largest absolute Gasteiger partial charge is 0.387 e. The van der Waals surface area contributed by atoms with Gasteiger partial charge in [-0.3, -0.25) is 0 Å². The Morgan fingerprint density at radius 1 is 1.31 bits per heavy atom. The molecule has 6 nitrogen and oxygen atoms in total. The summed E-state index contributed by atoms with van der Waals surface area (Å²) in [7, 11) is 3.91. The molecule has 2 aromatic rings. The van der Waals surface area contributed by atoms with Crippen LogP contribution in [0.1, 0.15) is 24.3 Å². The van der Waals surface area contributed by atoms with Crippen LogP contribution in [-0.4, -0.2) is 43.2 Å². The van der Waals surface area contributed by atoms with Crippen molar-refractivity contribution in [1.82, 2.24) is 15.6 Å². The fourth-order valence-electron chi connectivity index (χ4n) is 2.07. The standard InChI is InChI=1S/C17H24FN5OS.HI/c1-4-19-16(20-9-14-11-25-17(22-14)23(2)3)21-10-15(24)12-5-7-13(18)8-6-12;/h5-8,11,15,24H,4,9-10H2,1-3H3,(H2,19,20,21);1H. The van der Waals surface area contributed by atoms with Gasteiger partial charge in [0.2, 0.25) is 0 Å². The minimum Gasteiger partial charge on any atom is -0.387 e. The third kappa shape index (κ3) is 7.04. The fraction of sp³-hybridized carbons (Fsp3) is 0.412. The quantitative estimate of drug-likeness (QED) is 0.315. The molecule has 0 saturated carbocycles. The van der Waals surface area contributed by atoms with Crippen LogP contribution >= 0.6 is 35.3 Å². The molecule has 9 heteroatoms. The summed E-state index contributed by atoms with van der Waals surface area (Å²) < 4.78 is 12.9. The van der Waals surface area contributed by atoms with Crippen molar-refractivity contribution in [3.8, 4) is 0 Å². The monoisotopic (exact) mass is 493 g/mol. The summed E-state index contributed by atoms with van der Waals surface area (Å²) >= 11 is 1.57. The molecule has 1 aromatic heterocycles.